The van der Waals surface area contributed by atoms with Crippen LogP contribution in [0.2, 0.25) is 0 Å². The molecule has 1 heterocycles. The monoisotopic (exact) mass is 164 g/mol. The van der Waals surface area contributed by atoms with Crippen LogP contribution in [0.25, 0.3) is 0 Å². The van der Waals surface area contributed by atoms with E-state index in [0.29, 0.717) is 5.56 Å². The molecule has 0 spiro atoms. The highest BCUT2D eigenvalue weighted by atomic mass is 16.3. The molecule has 1 amide bonds. The summed E-state index contributed by atoms with van der Waals surface area (Å²) in [6, 6.07) is 2.96. The Bertz CT molecular complexity index is 297. The molecule has 0 radical (unpaired) electrons. The quantitative estimate of drug-likeness (QED) is 0.706. The Kier molecular flexibility index (Phi) is 2.49. The molecule has 1 rings (SSSR count). The van der Waals surface area contributed by atoms with Crippen LogP contribution in [-0.4, -0.2) is 11.9 Å². The molecule has 0 aliphatic rings. The zero-order chi connectivity index (χ0) is 8.97. The van der Waals surface area contributed by atoms with E-state index in [0.717, 1.165) is 0 Å². The van der Waals surface area contributed by atoms with E-state index in [9.17, 15) is 4.79 Å². The van der Waals surface area contributed by atoms with E-state index in [1.165, 1.54) is 12.5 Å². The smallest absolute Gasteiger partial charge is 0.255 e. The number of nitriles is 1. The number of amides is 1. The van der Waals surface area contributed by atoms with Crippen molar-refractivity contribution in [2.45, 2.75) is 13.0 Å². The standard InChI is InChI=1S/C8H8N2O2/c1-6(4-9)10-8(11)7-2-3-12-5-7/h2-3,5-6H,1H3,(H,10,11). The molecule has 1 unspecified atom stereocenters. The van der Waals surface area contributed by atoms with Crippen LogP contribution in [-0.2, 0) is 0 Å². The second-order valence-electron chi connectivity index (χ2n) is 2.34. The maximum absolute atomic E-state index is 11.2. The van der Waals surface area contributed by atoms with E-state index in [4.69, 9.17) is 9.68 Å². The largest absolute Gasteiger partial charge is 0.472 e. The average molecular weight is 164 g/mol. The lowest BCUT2D eigenvalue weighted by molar-refractivity contribution is 0.0947. The van der Waals surface area contributed by atoms with Gasteiger partial charge in [-0.1, -0.05) is 0 Å². The zero-order valence-corrected chi connectivity index (χ0v) is 6.57. The Hall–Kier alpha value is -1.76. The molecule has 0 bridgehead atoms. The van der Waals surface area contributed by atoms with Crippen molar-refractivity contribution >= 4 is 5.91 Å². The Morgan fingerprint density at radius 3 is 3.08 bits per heavy atom. The lowest BCUT2D eigenvalue weighted by atomic mass is 10.3. The molecule has 0 fully saturated rings. The third-order valence-electron chi connectivity index (χ3n) is 1.32. The number of furan rings is 1. The van der Waals surface area contributed by atoms with Crippen LogP contribution in [0.1, 0.15) is 17.3 Å². The van der Waals surface area contributed by atoms with Crippen molar-refractivity contribution in [2.75, 3.05) is 0 Å². The van der Waals surface area contributed by atoms with Gasteiger partial charge in [0.25, 0.3) is 5.91 Å². The van der Waals surface area contributed by atoms with Gasteiger partial charge in [0.2, 0.25) is 0 Å². The fraction of sp³-hybridized carbons (Fsp3) is 0.250. The summed E-state index contributed by atoms with van der Waals surface area (Å²) < 4.78 is 4.71. The first-order valence-corrected chi connectivity index (χ1v) is 3.46. The topological polar surface area (TPSA) is 66.0 Å². The first-order valence-electron chi connectivity index (χ1n) is 3.46. The zero-order valence-electron chi connectivity index (χ0n) is 6.57. The number of nitrogens with one attached hydrogen (secondary N) is 1. The fourth-order valence-corrected chi connectivity index (χ4v) is 0.706. The number of hydrogen-bond acceptors (Lipinski definition) is 3. The summed E-state index contributed by atoms with van der Waals surface area (Å²) in [7, 11) is 0. The predicted octanol–water partition coefficient (Wildman–Crippen LogP) is 0.921. The predicted molar refractivity (Wildman–Crippen MR) is 41.2 cm³/mol. The summed E-state index contributed by atoms with van der Waals surface area (Å²) in [6.45, 7) is 1.61. The van der Waals surface area contributed by atoms with Crippen molar-refractivity contribution in [2.24, 2.45) is 0 Å². The molecule has 12 heavy (non-hydrogen) atoms. The van der Waals surface area contributed by atoms with Crippen LogP contribution in [0, 0.1) is 11.3 Å². The SMILES string of the molecule is CC(C#N)NC(=O)c1ccoc1. The Labute approximate surface area is 69.8 Å². The summed E-state index contributed by atoms with van der Waals surface area (Å²) in [5.41, 5.74) is 0.428. The number of rotatable bonds is 2. The second kappa shape index (κ2) is 3.58. The Morgan fingerprint density at radius 1 is 1.83 bits per heavy atom. The lowest BCUT2D eigenvalue weighted by Crippen LogP contribution is -2.30. The minimum atomic E-state index is -0.479. The van der Waals surface area contributed by atoms with Crippen molar-refractivity contribution < 1.29 is 9.21 Å². The summed E-state index contributed by atoms with van der Waals surface area (Å²) in [5, 5.41) is 10.9. The van der Waals surface area contributed by atoms with E-state index in [1.54, 1.807) is 13.0 Å². The van der Waals surface area contributed by atoms with Gasteiger partial charge < -0.3 is 9.73 Å². The molecule has 4 nitrogen and oxygen atoms in total. The molecule has 0 aromatic carbocycles. The van der Waals surface area contributed by atoms with Crippen LogP contribution < -0.4 is 5.32 Å². The summed E-state index contributed by atoms with van der Waals surface area (Å²) in [6.07, 6.45) is 2.74. The number of nitrogens with zero attached hydrogens (tertiary/aromatic N) is 1. The Morgan fingerprint density at radius 2 is 2.58 bits per heavy atom. The molecule has 0 aliphatic carbocycles. The molecular formula is C8H8N2O2. The minimum absolute atomic E-state index is 0.294. The molecule has 1 aromatic rings. The van der Waals surface area contributed by atoms with Gasteiger partial charge in [-0.25, -0.2) is 0 Å². The van der Waals surface area contributed by atoms with Crippen LogP contribution in [0.15, 0.2) is 23.0 Å². The van der Waals surface area contributed by atoms with Gasteiger partial charge in [0.15, 0.2) is 0 Å². The molecule has 4 heteroatoms. The first-order chi connectivity index (χ1) is 5.74. The number of carbonyl (C=O) groups is 1. The maximum Gasteiger partial charge on any atom is 0.255 e. The number of carbonyl (C=O) groups excluding carboxylic acids is 1. The van der Waals surface area contributed by atoms with Gasteiger partial charge in [-0.3, -0.25) is 4.79 Å². The molecular weight excluding hydrogens is 156 g/mol. The maximum atomic E-state index is 11.2. The van der Waals surface area contributed by atoms with Gasteiger partial charge in [-0.15, -0.1) is 0 Å². The van der Waals surface area contributed by atoms with E-state index in [-0.39, 0.29) is 5.91 Å². The molecule has 1 atom stereocenters. The highest BCUT2D eigenvalue weighted by Crippen LogP contribution is 1.99. The average Bonchev–Trinajstić information content (AvgIpc) is 2.56. The Balaban J connectivity index is 2.57. The van der Waals surface area contributed by atoms with Crippen molar-refractivity contribution in [3.8, 4) is 6.07 Å². The van der Waals surface area contributed by atoms with Gasteiger partial charge in [0.1, 0.15) is 12.3 Å². The van der Waals surface area contributed by atoms with Crippen molar-refractivity contribution in [1.82, 2.24) is 5.32 Å². The molecule has 0 saturated heterocycles. The highest BCUT2D eigenvalue weighted by molar-refractivity contribution is 5.94. The normalized spacial score (nSPS) is 11.7. The molecule has 0 saturated carbocycles. The fourth-order valence-electron chi connectivity index (χ4n) is 0.706. The third-order valence-corrected chi connectivity index (χ3v) is 1.32. The van der Waals surface area contributed by atoms with Gasteiger partial charge in [0.05, 0.1) is 17.9 Å². The highest BCUT2D eigenvalue weighted by Gasteiger charge is 2.08. The molecule has 1 N–H and O–H groups in total. The summed E-state index contributed by atoms with van der Waals surface area (Å²) in [5.74, 6) is -0.294. The third kappa shape index (κ3) is 1.86. The number of hydrogen-bond donors (Lipinski definition) is 1. The van der Waals surface area contributed by atoms with Crippen molar-refractivity contribution in [1.29, 1.82) is 5.26 Å². The van der Waals surface area contributed by atoms with E-state index >= 15 is 0 Å². The van der Waals surface area contributed by atoms with Gasteiger partial charge >= 0.3 is 0 Å². The van der Waals surface area contributed by atoms with E-state index in [1.807, 2.05) is 6.07 Å². The van der Waals surface area contributed by atoms with E-state index < -0.39 is 6.04 Å². The minimum Gasteiger partial charge on any atom is -0.472 e. The van der Waals surface area contributed by atoms with Crippen molar-refractivity contribution in [3.05, 3.63) is 24.2 Å². The van der Waals surface area contributed by atoms with Gasteiger partial charge in [-0.2, -0.15) is 5.26 Å². The molecule has 1 aromatic heterocycles. The van der Waals surface area contributed by atoms with E-state index in [2.05, 4.69) is 5.32 Å². The van der Waals surface area contributed by atoms with Gasteiger partial charge in [0, 0.05) is 0 Å². The van der Waals surface area contributed by atoms with Crippen LogP contribution in [0.5, 0.6) is 0 Å². The lowest BCUT2D eigenvalue weighted by Gasteiger charge is -2.02. The molecule has 62 valence electrons. The summed E-state index contributed by atoms with van der Waals surface area (Å²) >= 11 is 0. The van der Waals surface area contributed by atoms with Crippen LogP contribution >= 0.6 is 0 Å². The van der Waals surface area contributed by atoms with Crippen LogP contribution in [0.3, 0.4) is 0 Å². The summed E-state index contributed by atoms with van der Waals surface area (Å²) in [4.78, 5) is 11.2. The molecule has 0 aliphatic heterocycles. The first kappa shape index (κ1) is 8.34. The van der Waals surface area contributed by atoms with Gasteiger partial charge in [-0.05, 0) is 13.0 Å². The van der Waals surface area contributed by atoms with Crippen molar-refractivity contribution in [3.63, 3.8) is 0 Å². The second-order valence-corrected chi connectivity index (χ2v) is 2.34. The van der Waals surface area contributed by atoms with Crippen LogP contribution in [0.4, 0.5) is 0 Å².